The molecule has 25 heavy (non-hydrogen) atoms. The number of ether oxygens (including phenoxy) is 1. The van der Waals surface area contributed by atoms with Gasteiger partial charge in [-0.2, -0.15) is 0 Å². The van der Waals surface area contributed by atoms with E-state index in [4.69, 9.17) is 9.84 Å². The molecule has 1 atom stereocenters. The van der Waals surface area contributed by atoms with Gasteiger partial charge in [-0.05, 0) is 26.3 Å². The summed E-state index contributed by atoms with van der Waals surface area (Å²) in [5.41, 5.74) is 3.98. The number of carboxylic acid groups (broad SMARTS) is 1. The average Bonchev–Trinajstić information content (AvgIpc) is 2.95. The van der Waals surface area contributed by atoms with Crippen LogP contribution in [0.1, 0.15) is 26.5 Å². The molecule has 1 aliphatic heterocycles. The number of aliphatic carboxylic acids is 1. The quantitative estimate of drug-likeness (QED) is 0.910. The van der Waals surface area contributed by atoms with Crippen molar-refractivity contribution in [3.8, 4) is 10.6 Å². The van der Waals surface area contributed by atoms with Crippen LogP contribution in [0, 0.1) is 20.8 Å². The first-order valence-electron chi connectivity index (χ1n) is 8.05. The summed E-state index contributed by atoms with van der Waals surface area (Å²) in [7, 11) is 0. The van der Waals surface area contributed by atoms with Gasteiger partial charge in [-0.15, -0.1) is 11.3 Å². The number of amides is 1. The van der Waals surface area contributed by atoms with Crippen molar-refractivity contribution in [2.75, 3.05) is 19.7 Å². The van der Waals surface area contributed by atoms with Gasteiger partial charge in [-0.1, -0.05) is 23.8 Å². The lowest BCUT2D eigenvalue weighted by Crippen LogP contribution is -2.48. The van der Waals surface area contributed by atoms with Crippen LogP contribution < -0.4 is 0 Å². The summed E-state index contributed by atoms with van der Waals surface area (Å²) in [5, 5.41) is 9.90. The van der Waals surface area contributed by atoms with Crippen LogP contribution in [0.15, 0.2) is 18.2 Å². The number of nitrogens with zero attached hydrogens (tertiary/aromatic N) is 2. The lowest BCUT2D eigenvalue weighted by atomic mass is 10.1. The van der Waals surface area contributed by atoms with Crippen molar-refractivity contribution in [2.24, 2.45) is 0 Å². The zero-order valence-corrected chi connectivity index (χ0v) is 15.2. The van der Waals surface area contributed by atoms with Gasteiger partial charge in [0.2, 0.25) is 0 Å². The van der Waals surface area contributed by atoms with E-state index in [1.165, 1.54) is 21.8 Å². The highest BCUT2D eigenvalue weighted by Gasteiger charge is 2.31. The van der Waals surface area contributed by atoms with Gasteiger partial charge in [0, 0.05) is 12.1 Å². The van der Waals surface area contributed by atoms with Crippen molar-refractivity contribution in [1.29, 1.82) is 0 Å². The first-order valence-corrected chi connectivity index (χ1v) is 8.87. The maximum absolute atomic E-state index is 12.8. The SMILES string of the molecule is Cc1ccc(-c2nc(C)c(C(=O)N3CCO[C@@H](C(=O)O)C3)s2)c(C)c1. The fourth-order valence-electron chi connectivity index (χ4n) is 2.89. The second-order valence-corrected chi connectivity index (χ2v) is 7.20. The Morgan fingerprint density at radius 2 is 2.08 bits per heavy atom. The molecule has 2 aromatic rings. The molecular weight excluding hydrogens is 340 g/mol. The van der Waals surface area contributed by atoms with Crippen LogP contribution in [0.5, 0.6) is 0 Å². The Morgan fingerprint density at radius 1 is 1.32 bits per heavy atom. The van der Waals surface area contributed by atoms with Crippen LogP contribution in [0.2, 0.25) is 0 Å². The minimum absolute atomic E-state index is 0.0599. The summed E-state index contributed by atoms with van der Waals surface area (Å²) in [6, 6.07) is 6.14. The number of morpholine rings is 1. The minimum Gasteiger partial charge on any atom is -0.479 e. The average molecular weight is 360 g/mol. The summed E-state index contributed by atoms with van der Waals surface area (Å²) in [5.74, 6) is -1.23. The molecule has 1 aliphatic rings. The monoisotopic (exact) mass is 360 g/mol. The first-order chi connectivity index (χ1) is 11.9. The van der Waals surface area contributed by atoms with Gasteiger partial charge in [0.1, 0.15) is 9.88 Å². The molecule has 1 aromatic heterocycles. The maximum Gasteiger partial charge on any atom is 0.334 e. The Kier molecular flexibility index (Phi) is 4.87. The molecule has 0 unspecified atom stereocenters. The number of aryl methyl sites for hydroxylation is 3. The van der Waals surface area contributed by atoms with Crippen molar-refractivity contribution < 1.29 is 19.4 Å². The standard InChI is InChI=1S/C18H20N2O4S/c1-10-4-5-13(11(2)8-10)16-19-12(3)15(25-16)17(21)20-6-7-24-14(9-20)18(22)23/h4-5,8,14H,6-7,9H2,1-3H3,(H,22,23)/t14-/m1/s1. The molecule has 1 amide bonds. The molecule has 0 radical (unpaired) electrons. The van der Waals surface area contributed by atoms with E-state index in [-0.39, 0.29) is 19.1 Å². The Labute approximate surface area is 150 Å². The van der Waals surface area contributed by atoms with Crippen molar-refractivity contribution in [3.05, 3.63) is 39.9 Å². The third-order valence-electron chi connectivity index (χ3n) is 4.23. The molecule has 1 fully saturated rings. The number of benzene rings is 1. The Balaban J connectivity index is 1.87. The van der Waals surface area contributed by atoms with Gasteiger partial charge in [-0.25, -0.2) is 9.78 Å². The third-order valence-corrected chi connectivity index (χ3v) is 5.41. The molecule has 132 valence electrons. The number of carbonyl (C=O) groups is 2. The summed E-state index contributed by atoms with van der Waals surface area (Å²) < 4.78 is 5.18. The topological polar surface area (TPSA) is 79.7 Å². The van der Waals surface area contributed by atoms with E-state index in [9.17, 15) is 9.59 Å². The number of thiazole rings is 1. The van der Waals surface area contributed by atoms with Crippen LogP contribution >= 0.6 is 11.3 Å². The molecule has 0 aliphatic carbocycles. The van der Waals surface area contributed by atoms with Gasteiger partial charge in [0.15, 0.2) is 6.10 Å². The zero-order valence-electron chi connectivity index (χ0n) is 14.4. The van der Waals surface area contributed by atoms with Crippen molar-refractivity contribution in [2.45, 2.75) is 26.9 Å². The molecule has 0 spiro atoms. The number of carbonyl (C=O) groups excluding carboxylic acids is 1. The lowest BCUT2D eigenvalue weighted by molar-refractivity contribution is -0.154. The Hall–Kier alpha value is -2.25. The fraction of sp³-hybridized carbons (Fsp3) is 0.389. The summed E-state index contributed by atoms with van der Waals surface area (Å²) in [4.78, 5) is 30.6. The number of hydrogen-bond donors (Lipinski definition) is 1. The Morgan fingerprint density at radius 3 is 2.76 bits per heavy atom. The highest BCUT2D eigenvalue weighted by Crippen LogP contribution is 2.31. The van der Waals surface area contributed by atoms with E-state index >= 15 is 0 Å². The van der Waals surface area contributed by atoms with E-state index in [0.29, 0.717) is 17.1 Å². The number of aromatic nitrogens is 1. The smallest absolute Gasteiger partial charge is 0.334 e. The second-order valence-electron chi connectivity index (χ2n) is 6.20. The van der Waals surface area contributed by atoms with Crippen LogP contribution in [-0.2, 0) is 9.53 Å². The summed E-state index contributed by atoms with van der Waals surface area (Å²) in [6.45, 7) is 6.55. The molecule has 1 saturated heterocycles. The normalized spacial score (nSPS) is 17.6. The molecule has 2 heterocycles. The molecule has 7 heteroatoms. The molecule has 1 aromatic carbocycles. The second kappa shape index (κ2) is 6.93. The number of hydrogen-bond acceptors (Lipinski definition) is 5. The predicted molar refractivity (Wildman–Crippen MR) is 95.0 cm³/mol. The summed E-state index contributed by atoms with van der Waals surface area (Å²) in [6.07, 6.45) is -0.968. The van der Waals surface area contributed by atoms with Crippen LogP contribution in [0.3, 0.4) is 0 Å². The Bertz CT molecular complexity index is 830. The van der Waals surface area contributed by atoms with Gasteiger partial charge >= 0.3 is 5.97 Å². The van der Waals surface area contributed by atoms with Crippen LogP contribution in [-0.4, -0.2) is 52.7 Å². The van der Waals surface area contributed by atoms with Crippen molar-refractivity contribution >= 4 is 23.2 Å². The highest BCUT2D eigenvalue weighted by molar-refractivity contribution is 7.17. The maximum atomic E-state index is 12.8. The van der Waals surface area contributed by atoms with E-state index in [0.717, 1.165) is 16.1 Å². The van der Waals surface area contributed by atoms with E-state index < -0.39 is 12.1 Å². The van der Waals surface area contributed by atoms with Crippen LogP contribution in [0.25, 0.3) is 10.6 Å². The fourth-order valence-corrected chi connectivity index (χ4v) is 4.02. The molecule has 3 rings (SSSR count). The lowest BCUT2D eigenvalue weighted by Gasteiger charge is -2.30. The van der Waals surface area contributed by atoms with E-state index in [1.54, 1.807) is 0 Å². The molecule has 0 bridgehead atoms. The van der Waals surface area contributed by atoms with Gasteiger partial charge in [0.05, 0.1) is 18.8 Å². The largest absolute Gasteiger partial charge is 0.479 e. The molecule has 0 saturated carbocycles. The van der Waals surface area contributed by atoms with E-state index in [1.807, 2.05) is 32.9 Å². The van der Waals surface area contributed by atoms with Gasteiger partial charge in [0.25, 0.3) is 5.91 Å². The highest BCUT2D eigenvalue weighted by atomic mass is 32.1. The molecular formula is C18H20N2O4S. The number of carboxylic acids is 1. The van der Waals surface area contributed by atoms with E-state index in [2.05, 4.69) is 11.1 Å². The third kappa shape index (κ3) is 3.57. The van der Waals surface area contributed by atoms with Crippen molar-refractivity contribution in [3.63, 3.8) is 0 Å². The molecule has 6 nitrogen and oxygen atoms in total. The first kappa shape index (κ1) is 17.6. The van der Waals surface area contributed by atoms with Crippen LogP contribution in [0.4, 0.5) is 0 Å². The van der Waals surface area contributed by atoms with Crippen molar-refractivity contribution in [1.82, 2.24) is 9.88 Å². The zero-order chi connectivity index (χ0) is 18.1. The number of rotatable bonds is 3. The van der Waals surface area contributed by atoms with Gasteiger partial charge in [-0.3, -0.25) is 4.79 Å². The minimum atomic E-state index is -1.05. The summed E-state index contributed by atoms with van der Waals surface area (Å²) >= 11 is 1.35. The predicted octanol–water partition coefficient (Wildman–Crippen LogP) is 2.66. The molecule has 1 N–H and O–H groups in total. The van der Waals surface area contributed by atoms with Gasteiger partial charge < -0.3 is 14.7 Å².